The summed E-state index contributed by atoms with van der Waals surface area (Å²) in [6.45, 7) is 3.60. The standard InChI is InChI=1S/C10H11F3/c1-7-3-8(2)5-9(4-7)6-10(11,12)13/h3-5H,6H2,1-2H3. The summed E-state index contributed by atoms with van der Waals surface area (Å²) in [5.41, 5.74) is 2.09. The lowest BCUT2D eigenvalue weighted by atomic mass is 10.1. The van der Waals surface area contributed by atoms with E-state index in [1.807, 2.05) is 6.07 Å². The van der Waals surface area contributed by atoms with Gasteiger partial charge in [-0.05, 0) is 19.4 Å². The van der Waals surface area contributed by atoms with Gasteiger partial charge in [0.1, 0.15) is 0 Å². The molecule has 1 aromatic carbocycles. The zero-order valence-corrected chi connectivity index (χ0v) is 7.57. The molecule has 0 aliphatic carbocycles. The summed E-state index contributed by atoms with van der Waals surface area (Å²) in [6.07, 6.45) is -4.95. The Bertz CT molecular complexity index is 279. The van der Waals surface area contributed by atoms with E-state index in [1.54, 1.807) is 26.0 Å². The molecule has 0 fully saturated rings. The average Bonchev–Trinajstić information content (AvgIpc) is 1.78. The van der Waals surface area contributed by atoms with Crippen molar-refractivity contribution in [1.29, 1.82) is 0 Å². The zero-order chi connectivity index (χ0) is 10.1. The molecule has 0 atom stereocenters. The lowest BCUT2D eigenvalue weighted by Crippen LogP contribution is -2.11. The van der Waals surface area contributed by atoms with Crippen LogP contribution in [-0.4, -0.2) is 6.18 Å². The van der Waals surface area contributed by atoms with Gasteiger partial charge in [0.2, 0.25) is 0 Å². The molecule has 13 heavy (non-hydrogen) atoms. The Hall–Kier alpha value is -0.990. The highest BCUT2D eigenvalue weighted by atomic mass is 19.4. The van der Waals surface area contributed by atoms with Crippen molar-refractivity contribution in [2.75, 3.05) is 0 Å². The normalized spacial score (nSPS) is 11.8. The van der Waals surface area contributed by atoms with Gasteiger partial charge < -0.3 is 0 Å². The molecule has 0 aliphatic heterocycles. The van der Waals surface area contributed by atoms with Gasteiger partial charge in [-0.3, -0.25) is 0 Å². The van der Waals surface area contributed by atoms with Crippen molar-refractivity contribution in [3.8, 4) is 0 Å². The van der Waals surface area contributed by atoms with Crippen LogP contribution in [0.2, 0.25) is 0 Å². The van der Waals surface area contributed by atoms with Crippen molar-refractivity contribution >= 4 is 0 Å². The quantitative estimate of drug-likeness (QED) is 0.633. The highest BCUT2D eigenvalue weighted by Crippen LogP contribution is 2.22. The van der Waals surface area contributed by atoms with Crippen LogP contribution in [0.5, 0.6) is 0 Å². The number of alkyl halides is 3. The number of benzene rings is 1. The van der Waals surface area contributed by atoms with Crippen molar-refractivity contribution in [2.24, 2.45) is 0 Å². The monoisotopic (exact) mass is 188 g/mol. The summed E-state index contributed by atoms with van der Waals surface area (Å²) in [5.74, 6) is 0. The van der Waals surface area contributed by atoms with Gasteiger partial charge in [0.05, 0.1) is 6.42 Å². The number of hydrogen-bond donors (Lipinski definition) is 0. The average molecular weight is 188 g/mol. The van der Waals surface area contributed by atoms with Crippen molar-refractivity contribution < 1.29 is 13.2 Å². The summed E-state index contributed by atoms with van der Waals surface area (Å²) < 4.78 is 36.0. The van der Waals surface area contributed by atoms with Crippen LogP contribution in [0.15, 0.2) is 18.2 Å². The first-order chi connectivity index (χ1) is 5.87. The van der Waals surface area contributed by atoms with Crippen molar-refractivity contribution in [3.63, 3.8) is 0 Å². The molecule has 0 spiro atoms. The first-order valence-electron chi connectivity index (χ1n) is 4.01. The number of aryl methyl sites for hydroxylation is 2. The summed E-state index contributed by atoms with van der Waals surface area (Å²) in [6, 6.07) is 5.00. The Morgan fingerprint density at radius 1 is 1.00 bits per heavy atom. The van der Waals surface area contributed by atoms with E-state index in [0.29, 0.717) is 5.56 Å². The largest absolute Gasteiger partial charge is 0.393 e. The molecule has 0 aromatic heterocycles. The summed E-state index contributed by atoms with van der Waals surface area (Å²) in [5, 5.41) is 0. The minimum atomic E-state index is -4.11. The lowest BCUT2D eigenvalue weighted by molar-refractivity contribution is -0.127. The highest BCUT2D eigenvalue weighted by Gasteiger charge is 2.27. The summed E-state index contributed by atoms with van der Waals surface area (Å²) >= 11 is 0. The fourth-order valence-corrected chi connectivity index (χ4v) is 1.40. The molecule has 0 nitrogen and oxygen atoms in total. The maximum absolute atomic E-state index is 12.0. The minimum Gasteiger partial charge on any atom is -0.171 e. The summed E-state index contributed by atoms with van der Waals surface area (Å²) in [7, 11) is 0. The van der Waals surface area contributed by atoms with Crippen LogP contribution in [0.4, 0.5) is 13.2 Å². The van der Waals surface area contributed by atoms with E-state index < -0.39 is 12.6 Å². The Balaban J connectivity index is 2.90. The highest BCUT2D eigenvalue weighted by molar-refractivity contribution is 5.28. The molecule has 0 unspecified atom stereocenters. The van der Waals surface area contributed by atoms with Crippen molar-refractivity contribution in [2.45, 2.75) is 26.4 Å². The van der Waals surface area contributed by atoms with E-state index in [0.717, 1.165) is 11.1 Å². The second kappa shape index (κ2) is 3.40. The van der Waals surface area contributed by atoms with Crippen molar-refractivity contribution in [3.05, 3.63) is 34.9 Å². The molecule has 0 amide bonds. The molecule has 0 bridgehead atoms. The fourth-order valence-electron chi connectivity index (χ4n) is 1.40. The SMILES string of the molecule is Cc1cc(C)cc(CC(F)(F)F)c1. The second-order valence-electron chi connectivity index (χ2n) is 3.29. The van der Waals surface area contributed by atoms with Gasteiger partial charge in [-0.25, -0.2) is 0 Å². The van der Waals surface area contributed by atoms with Crippen LogP contribution in [0, 0.1) is 13.8 Å². The Kier molecular flexibility index (Phi) is 2.64. The predicted octanol–water partition coefficient (Wildman–Crippen LogP) is 3.41. The number of hydrogen-bond acceptors (Lipinski definition) is 0. The van der Waals surface area contributed by atoms with E-state index in [2.05, 4.69) is 0 Å². The van der Waals surface area contributed by atoms with E-state index in [9.17, 15) is 13.2 Å². The third-order valence-electron chi connectivity index (χ3n) is 1.69. The van der Waals surface area contributed by atoms with E-state index in [1.165, 1.54) is 0 Å². The Labute approximate surface area is 75.4 Å². The van der Waals surface area contributed by atoms with E-state index in [4.69, 9.17) is 0 Å². The molecular weight excluding hydrogens is 177 g/mol. The molecule has 0 saturated heterocycles. The molecule has 0 aliphatic rings. The van der Waals surface area contributed by atoms with Crippen LogP contribution in [0.3, 0.4) is 0 Å². The zero-order valence-electron chi connectivity index (χ0n) is 7.57. The second-order valence-corrected chi connectivity index (χ2v) is 3.29. The molecule has 0 saturated carbocycles. The molecule has 0 radical (unpaired) electrons. The van der Waals surface area contributed by atoms with Crippen LogP contribution < -0.4 is 0 Å². The maximum atomic E-state index is 12.0. The smallest absolute Gasteiger partial charge is 0.171 e. The summed E-state index contributed by atoms with van der Waals surface area (Å²) in [4.78, 5) is 0. The van der Waals surface area contributed by atoms with Crippen LogP contribution in [0.1, 0.15) is 16.7 Å². The third kappa shape index (κ3) is 3.49. The minimum absolute atomic E-state index is 0.338. The molecule has 0 heterocycles. The maximum Gasteiger partial charge on any atom is 0.393 e. The van der Waals surface area contributed by atoms with Crippen LogP contribution >= 0.6 is 0 Å². The molecule has 1 aromatic rings. The Morgan fingerprint density at radius 2 is 1.46 bits per heavy atom. The van der Waals surface area contributed by atoms with E-state index in [-0.39, 0.29) is 0 Å². The predicted molar refractivity (Wildman–Crippen MR) is 45.7 cm³/mol. The van der Waals surface area contributed by atoms with Gasteiger partial charge in [0.25, 0.3) is 0 Å². The van der Waals surface area contributed by atoms with Crippen molar-refractivity contribution in [1.82, 2.24) is 0 Å². The Morgan fingerprint density at radius 3 is 1.85 bits per heavy atom. The fraction of sp³-hybridized carbons (Fsp3) is 0.400. The van der Waals surface area contributed by atoms with Crippen LogP contribution in [0.25, 0.3) is 0 Å². The topological polar surface area (TPSA) is 0 Å². The number of halogens is 3. The molecule has 0 N–H and O–H groups in total. The first-order valence-corrected chi connectivity index (χ1v) is 4.01. The van der Waals surface area contributed by atoms with Crippen LogP contribution in [-0.2, 0) is 6.42 Å². The van der Waals surface area contributed by atoms with Gasteiger partial charge >= 0.3 is 6.18 Å². The lowest BCUT2D eigenvalue weighted by Gasteiger charge is -2.07. The van der Waals surface area contributed by atoms with Gasteiger partial charge in [-0.2, -0.15) is 13.2 Å². The number of rotatable bonds is 1. The molecule has 3 heteroatoms. The van der Waals surface area contributed by atoms with Gasteiger partial charge in [0, 0.05) is 0 Å². The molecule has 1 rings (SSSR count). The van der Waals surface area contributed by atoms with Gasteiger partial charge in [0.15, 0.2) is 0 Å². The van der Waals surface area contributed by atoms with E-state index >= 15 is 0 Å². The third-order valence-corrected chi connectivity index (χ3v) is 1.69. The molecular formula is C10H11F3. The first kappa shape index (κ1) is 10.1. The molecule has 72 valence electrons. The van der Waals surface area contributed by atoms with Gasteiger partial charge in [-0.1, -0.05) is 29.3 Å². The van der Waals surface area contributed by atoms with Gasteiger partial charge in [-0.15, -0.1) is 0 Å².